The summed E-state index contributed by atoms with van der Waals surface area (Å²) in [5, 5.41) is 0. The summed E-state index contributed by atoms with van der Waals surface area (Å²) in [4.78, 5) is 4.65. The molecular formula is C44H37BN2. The van der Waals surface area contributed by atoms with Crippen LogP contribution in [0.25, 0.3) is 0 Å². The van der Waals surface area contributed by atoms with Gasteiger partial charge in [-0.1, -0.05) is 143 Å². The van der Waals surface area contributed by atoms with Crippen LogP contribution >= 0.6 is 0 Å². The molecule has 0 aromatic heterocycles. The third-order valence-electron chi connectivity index (χ3n) is 8.72. The zero-order valence-corrected chi connectivity index (χ0v) is 26.9. The molecule has 0 N–H and O–H groups in total. The lowest BCUT2D eigenvalue weighted by atomic mass is 9.37. The van der Waals surface area contributed by atoms with Crippen LogP contribution in [0.1, 0.15) is 11.1 Å². The van der Waals surface area contributed by atoms with E-state index in [0.29, 0.717) is 0 Å². The van der Waals surface area contributed by atoms with Gasteiger partial charge in [0.1, 0.15) is 0 Å². The van der Waals surface area contributed by atoms with Crippen molar-refractivity contribution in [3.05, 3.63) is 199 Å². The lowest BCUT2D eigenvalue weighted by molar-refractivity contribution is 1.25. The normalized spacial score (nSPS) is 10.8. The first-order valence-corrected chi connectivity index (χ1v) is 16.2. The predicted molar refractivity (Wildman–Crippen MR) is 203 cm³/mol. The lowest BCUT2D eigenvalue weighted by Gasteiger charge is -2.28. The van der Waals surface area contributed by atoms with E-state index in [2.05, 4.69) is 212 Å². The van der Waals surface area contributed by atoms with Crippen LogP contribution in [0.2, 0.25) is 0 Å². The number of anilines is 6. The van der Waals surface area contributed by atoms with E-state index < -0.39 is 0 Å². The molecule has 7 aromatic carbocycles. The fourth-order valence-electron chi connectivity index (χ4n) is 6.29. The summed E-state index contributed by atoms with van der Waals surface area (Å²) in [5.41, 5.74) is 13.0. The van der Waals surface area contributed by atoms with Gasteiger partial charge in [-0.05, 0) is 86.6 Å². The zero-order chi connectivity index (χ0) is 32.0. The zero-order valence-electron chi connectivity index (χ0n) is 26.9. The molecule has 0 saturated carbocycles. The summed E-state index contributed by atoms with van der Waals surface area (Å²) in [7, 11) is 0. The minimum atomic E-state index is 0.158. The molecule has 2 nitrogen and oxygen atoms in total. The average molecular weight is 605 g/mol. The Hall–Kier alpha value is -5.80. The number of hydrogen-bond donors (Lipinski definition) is 0. The van der Waals surface area contributed by atoms with E-state index in [9.17, 15) is 0 Å². The third kappa shape index (κ3) is 6.61. The molecule has 0 spiro atoms. The fraction of sp³-hybridized carbons (Fsp3) is 0.0455. The maximum Gasteiger partial charge on any atom is 0.241 e. The minimum Gasteiger partial charge on any atom is -0.311 e. The highest BCUT2D eigenvalue weighted by atomic mass is 15.2. The molecule has 0 fully saturated rings. The van der Waals surface area contributed by atoms with Crippen molar-refractivity contribution in [2.75, 3.05) is 9.80 Å². The molecule has 0 unspecified atom stereocenters. The molecule has 7 rings (SSSR count). The molecule has 226 valence electrons. The Kier molecular flexibility index (Phi) is 8.70. The van der Waals surface area contributed by atoms with Crippen molar-refractivity contribution in [3.8, 4) is 0 Å². The Morgan fingerprint density at radius 2 is 0.532 bits per heavy atom. The minimum absolute atomic E-state index is 0.158. The van der Waals surface area contributed by atoms with Crippen LogP contribution in [0.5, 0.6) is 0 Å². The maximum atomic E-state index is 2.33. The van der Waals surface area contributed by atoms with E-state index in [4.69, 9.17) is 0 Å². The van der Waals surface area contributed by atoms with Gasteiger partial charge in [0.15, 0.2) is 0 Å². The molecule has 0 saturated heterocycles. The Morgan fingerprint density at radius 1 is 0.277 bits per heavy atom. The quantitative estimate of drug-likeness (QED) is 0.151. The molecule has 0 aliphatic heterocycles. The Labute approximate surface area is 279 Å². The largest absolute Gasteiger partial charge is 0.311 e. The van der Waals surface area contributed by atoms with Crippen LogP contribution in [-0.2, 0) is 0 Å². The van der Waals surface area contributed by atoms with E-state index in [0.717, 1.165) is 34.1 Å². The summed E-state index contributed by atoms with van der Waals surface area (Å²) >= 11 is 0. The number of para-hydroxylation sites is 1. The first-order valence-electron chi connectivity index (χ1n) is 16.2. The fourth-order valence-corrected chi connectivity index (χ4v) is 6.29. The summed E-state index contributed by atoms with van der Waals surface area (Å²) in [5.74, 6) is 0. The molecule has 0 bridgehead atoms. The lowest BCUT2D eigenvalue weighted by Crippen LogP contribution is -2.51. The number of benzene rings is 7. The van der Waals surface area contributed by atoms with Gasteiger partial charge in [0.2, 0.25) is 6.71 Å². The van der Waals surface area contributed by atoms with Crippen molar-refractivity contribution in [1.29, 1.82) is 0 Å². The first kappa shape index (κ1) is 29.9. The number of hydrogen-bond acceptors (Lipinski definition) is 2. The average Bonchev–Trinajstić information content (AvgIpc) is 3.13. The van der Waals surface area contributed by atoms with Crippen LogP contribution < -0.4 is 26.2 Å². The van der Waals surface area contributed by atoms with Crippen LogP contribution in [-0.4, -0.2) is 6.71 Å². The van der Waals surface area contributed by atoms with Gasteiger partial charge in [-0.15, -0.1) is 0 Å². The van der Waals surface area contributed by atoms with E-state index in [-0.39, 0.29) is 6.71 Å². The highest BCUT2D eigenvalue weighted by Gasteiger charge is 2.22. The maximum absolute atomic E-state index is 2.33. The monoisotopic (exact) mass is 604 g/mol. The Morgan fingerprint density at radius 3 is 0.894 bits per heavy atom. The molecular weight excluding hydrogens is 567 g/mol. The molecule has 0 atom stereocenters. The SMILES string of the molecule is Cc1ccc(N(c2ccc(C)cc2)c2ccc(N(c3ccccc3)c3ccc(B(c4ccccc4)c4ccccc4)cc3)cc2)cc1. The second-order valence-corrected chi connectivity index (χ2v) is 12.0. The van der Waals surface area contributed by atoms with E-state index in [1.807, 2.05) is 0 Å². The molecule has 0 amide bonds. The van der Waals surface area contributed by atoms with Gasteiger partial charge in [0.25, 0.3) is 0 Å². The molecule has 7 aromatic rings. The predicted octanol–water partition coefficient (Wildman–Crippen LogP) is 9.76. The van der Waals surface area contributed by atoms with Gasteiger partial charge in [-0.25, -0.2) is 0 Å². The molecule has 3 heteroatoms. The van der Waals surface area contributed by atoms with Gasteiger partial charge < -0.3 is 9.80 Å². The van der Waals surface area contributed by atoms with Gasteiger partial charge in [0.05, 0.1) is 0 Å². The molecule has 47 heavy (non-hydrogen) atoms. The Bertz CT molecular complexity index is 1920. The highest BCUT2D eigenvalue weighted by molar-refractivity contribution is 6.95. The summed E-state index contributed by atoms with van der Waals surface area (Å²) in [6.45, 7) is 4.41. The van der Waals surface area contributed by atoms with Crippen molar-refractivity contribution in [2.45, 2.75) is 13.8 Å². The standard InChI is InChI=1S/C44H37BN2/c1-34-18-24-40(25-19-34)47(41-26-20-35(2)21-27-41)44-32-30-43(31-33-44)46(39-16-10-5-11-17-39)42-28-22-38(23-29-42)45(36-12-6-3-7-13-36)37-14-8-4-9-15-37/h3-33H,1-2H3. The van der Waals surface area contributed by atoms with E-state index in [1.165, 1.54) is 27.5 Å². The third-order valence-corrected chi connectivity index (χ3v) is 8.72. The summed E-state index contributed by atoms with van der Waals surface area (Å²) in [6, 6.07) is 67.6. The Balaban J connectivity index is 1.26. The van der Waals surface area contributed by atoms with Gasteiger partial charge in [-0.3, -0.25) is 0 Å². The van der Waals surface area contributed by atoms with Gasteiger partial charge >= 0.3 is 0 Å². The second-order valence-electron chi connectivity index (χ2n) is 12.0. The number of nitrogens with zero attached hydrogens (tertiary/aromatic N) is 2. The molecule has 0 aliphatic carbocycles. The van der Waals surface area contributed by atoms with Gasteiger partial charge in [-0.2, -0.15) is 0 Å². The molecule has 0 heterocycles. The highest BCUT2D eigenvalue weighted by Crippen LogP contribution is 2.38. The van der Waals surface area contributed by atoms with Crippen LogP contribution in [0, 0.1) is 13.8 Å². The van der Waals surface area contributed by atoms with Crippen molar-refractivity contribution < 1.29 is 0 Å². The van der Waals surface area contributed by atoms with Crippen LogP contribution in [0.3, 0.4) is 0 Å². The smallest absolute Gasteiger partial charge is 0.241 e. The van der Waals surface area contributed by atoms with E-state index in [1.54, 1.807) is 0 Å². The van der Waals surface area contributed by atoms with E-state index >= 15 is 0 Å². The molecule has 0 aliphatic rings. The van der Waals surface area contributed by atoms with Crippen molar-refractivity contribution in [1.82, 2.24) is 0 Å². The van der Waals surface area contributed by atoms with Crippen LogP contribution in [0.4, 0.5) is 34.1 Å². The second kappa shape index (κ2) is 13.7. The summed E-state index contributed by atoms with van der Waals surface area (Å²) in [6.07, 6.45) is 0. The number of aryl methyl sites for hydroxylation is 2. The molecule has 0 radical (unpaired) electrons. The van der Waals surface area contributed by atoms with Crippen LogP contribution in [0.15, 0.2) is 188 Å². The summed E-state index contributed by atoms with van der Waals surface area (Å²) < 4.78 is 0. The number of rotatable bonds is 9. The van der Waals surface area contributed by atoms with Gasteiger partial charge in [0, 0.05) is 34.1 Å². The van der Waals surface area contributed by atoms with Crippen molar-refractivity contribution in [2.24, 2.45) is 0 Å². The topological polar surface area (TPSA) is 6.48 Å². The first-order chi connectivity index (χ1) is 23.1. The van der Waals surface area contributed by atoms with Crippen molar-refractivity contribution in [3.63, 3.8) is 0 Å². The van der Waals surface area contributed by atoms with Crippen molar-refractivity contribution >= 4 is 57.2 Å².